The average Bonchev–Trinajstić information content (AvgIpc) is 2.84. The molecule has 27 heavy (non-hydrogen) atoms. The molecule has 4 nitrogen and oxygen atoms in total. The van der Waals surface area contributed by atoms with Crippen molar-refractivity contribution in [3.8, 4) is 0 Å². The smallest absolute Gasteiger partial charge is 0.259 e. The molecule has 1 aliphatic heterocycles. The summed E-state index contributed by atoms with van der Waals surface area (Å²) >= 11 is 4.43. The molecule has 3 aromatic carbocycles. The number of fused-ring (bicyclic) bond motifs is 1. The summed E-state index contributed by atoms with van der Waals surface area (Å²) in [6, 6.07) is 24.9. The van der Waals surface area contributed by atoms with Crippen molar-refractivity contribution in [2.45, 2.75) is 4.90 Å². The summed E-state index contributed by atoms with van der Waals surface area (Å²) in [7, 11) is 0. The summed E-state index contributed by atoms with van der Waals surface area (Å²) in [6.07, 6.45) is 1.59. The minimum atomic E-state index is -0.216. The van der Waals surface area contributed by atoms with Gasteiger partial charge in [0.1, 0.15) is 0 Å². The number of hydrogen-bond donors (Lipinski definition) is 3. The molecule has 4 rings (SSSR count). The molecular formula is C22H17N3OS. The second-order valence-electron chi connectivity index (χ2n) is 6.03. The van der Waals surface area contributed by atoms with Crippen LogP contribution in [0, 0.1) is 0 Å². The molecule has 0 spiro atoms. The van der Waals surface area contributed by atoms with Gasteiger partial charge in [0.15, 0.2) is 0 Å². The van der Waals surface area contributed by atoms with Crippen LogP contribution in [0.5, 0.6) is 0 Å². The Morgan fingerprint density at radius 2 is 1.41 bits per heavy atom. The van der Waals surface area contributed by atoms with Crippen LogP contribution in [0.2, 0.25) is 0 Å². The molecule has 0 fully saturated rings. The number of carbonyl (C=O) groups is 1. The predicted octanol–water partition coefficient (Wildman–Crippen LogP) is 5.15. The summed E-state index contributed by atoms with van der Waals surface area (Å²) in [5.74, 6) is -0.216. The molecule has 0 aliphatic carbocycles. The highest BCUT2D eigenvalue weighted by atomic mass is 32.1. The number of thiol groups is 1. The number of nitrogens with zero attached hydrogens (tertiary/aromatic N) is 1. The highest BCUT2D eigenvalue weighted by molar-refractivity contribution is 7.80. The minimum Gasteiger partial charge on any atom is -0.353 e. The van der Waals surface area contributed by atoms with E-state index >= 15 is 0 Å². The van der Waals surface area contributed by atoms with Gasteiger partial charge in [-0.25, -0.2) is 0 Å². The van der Waals surface area contributed by atoms with E-state index in [2.05, 4.69) is 28.3 Å². The molecule has 0 radical (unpaired) electrons. The fourth-order valence-electron chi connectivity index (χ4n) is 2.87. The quantitative estimate of drug-likeness (QED) is 0.440. The van der Waals surface area contributed by atoms with Gasteiger partial charge >= 0.3 is 0 Å². The van der Waals surface area contributed by atoms with Crippen molar-refractivity contribution >= 4 is 47.5 Å². The van der Waals surface area contributed by atoms with Crippen molar-refractivity contribution in [1.29, 1.82) is 0 Å². The zero-order valence-electron chi connectivity index (χ0n) is 14.4. The molecule has 0 unspecified atom stereocenters. The second-order valence-corrected chi connectivity index (χ2v) is 6.51. The normalized spacial score (nSPS) is 13.7. The fourth-order valence-corrected chi connectivity index (χ4v) is 3.09. The summed E-state index contributed by atoms with van der Waals surface area (Å²) in [4.78, 5) is 18.2. The van der Waals surface area contributed by atoms with Crippen LogP contribution in [0.15, 0.2) is 94.3 Å². The maximum Gasteiger partial charge on any atom is 0.259 e. The lowest BCUT2D eigenvalue weighted by Gasteiger charge is -2.12. The highest BCUT2D eigenvalue weighted by Gasteiger charge is 2.21. The molecule has 3 aromatic rings. The molecule has 1 amide bonds. The van der Waals surface area contributed by atoms with Gasteiger partial charge in [0, 0.05) is 11.1 Å². The number of amides is 1. The predicted molar refractivity (Wildman–Crippen MR) is 114 cm³/mol. The van der Waals surface area contributed by atoms with Gasteiger partial charge in [0.25, 0.3) is 5.91 Å². The first kappa shape index (κ1) is 17.1. The van der Waals surface area contributed by atoms with Crippen LogP contribution in [-0.4, -0.2) is 12.1 Å². The van der Waals surface area contributed by atoms with Crippen molar-refractivity contribution in [2.75, 3.05) is 10.6 Å². The Bertz CT molecular complexity index is 1060. The first-order valence-electron chi connectivity index (χ1n) is 8.51. The zero-order chi connectivity index (χ0) is 18.6. The Morgan fingerprint density at radius 3 is 2.15 bits per heavy atom. The standard InChI is InChI=1S/C22H17N3OS/c26-22-16(14-23-19-12-6-7-13-20(19)27)21(15-8-2-1-3-9-15)24-17-10-4-5-11-18(17)25-22/h1-14,24,27H,(H,25,26). The van der Waals surface area contributed by atoms with E-state index in [-0.39, 0.29) is 5.91 Å². The van der Waals surface area contributed by atoms with Crippen LogP contribution in [0.4, 0.5) is 17.1 Å². The van der Waals surface area contributed by atoms with Crippen molar-refractivity contribution in [3.63, 3.8) is 0 Å². The van der Waals surface area contributed by atoms with Gasteiger partial charge in [-0.1, -0.05) is 54.6 Å². The number of aliphatic imine (C=N–C) groups is 1. The van der Waals surface area contributed by atoms with Gasteiger partial charge in [0.2, 0.25) is 0 Å². The van der Waals surface area contributed by atoms with Crippen molar-refractivity contribution in [1.82, 2.24) is 0 Å². The van der Waals surface area contributed by atoms with Crippen LogP contribution >= 0.6 is 12.6 Å². The lowest BCUT2D eigenvalue weighted by Crippen LogP contribution is -2.15. The van der Waals surface area contributed by atoms with Gasteiger partial charge in [0.05, 0.1) is 28.3 Å². The number of carbonyl (C=O) groups excluding carboxylic acids is 1. The number of rotatable bonds is 3. The van der Waals surface area contributed by atoms with Crippen LogP contribution in [-0.2, 0) is 4.79 Å². The van der Waals surface area contributed by atoms with Gasteiger partial charge < -0.3 is 10.6 Å². The molecule has 2 N–H and O–H groups in total. The van der Waals surface area contributed by atoms with E-state index in [4.69, 9.17) is 0 Å². The van der Waals surface area contributed by atoms with Crippen LogP contribution in [0.1, 0.15) is 5.56 Å². The Kier molecular flexibility index (Phi) is 4.77. The fraction of sp³-hybridized carbons (Fsp3) is 0. The number of hydrogen-bond acceptors (Lipinski definition) is 4. The number of para-hydroxylation sites is 3. The van der Waals surface area contributed by atoms with Gasteiger partial charge in [-0.15, -0.1) is 12.6 Å². The maximum atomic E-state index is 12.9. The Morgan fingerprint density at radius 1 is 0.778 bits per heavy atom. The second kappa shape index (κ2) is 7.51. The molecule has 5 heteroatoms. The molecule has 132 valence electrons. The van der Waals surface area contributed by atoms with E-state index < -0.39 is 0 Å². The van der Waals surface area contributed by atoms with E-state index in [0.29, 0.717) is 17.0 Å². The summed E-state index contributed by atoms with van der Waals surface area (Å²) < 4.78 is 0. The van der Waals surface area contributed by atoms with E-state index in [9.17, 15) is 4.79 Å². The molecule has 1 aliphatic rings. The monoisotopic (exact) mass is 371 g/mol. The summed E-state index contributed by atoms with van der Waals surface area (Å²) in [6.45, 7) is 0. The SMILES string of the molecule is O=C1Nc2ccccc2NC(c2ccccc2)=C1C=Nc1ccccc1S. The summed E-state index contributed by atoms with van der Waals surface area (Å²) in [5, 5.41) is 6.35. The summed E-state index contributed by atoms with van der Waals surface area (Å²) in [5.41, 5.74) is 4.34. The molecule has 0 bridgehead atoms. The molecule has 1 heterocycles. The third kappa shape index (κ3) is 3.64. The van der Waals surface area contributed by atoms with E-state index in [1.165, 1.54) is 0 Å². The van der Waals surface area contributed by atoms with Crippen molar-refractivity contribution in [3.05, 3.63) is 90.0 Å². The molecule has 0 saturated carbocycles. The molecule has 0 aromatic heterocycles. The Hall–Kier alpha value is -3.31. The number of anilines is 2. The van der Waals surface area contributed by atoms with Crippen LogP contribution < -0.4 is 10.6 Å². The lowest BCUT2D eigenvalue weighted by molar-refractivity contribution is -0.112. The van der Waals surface area contributed by atoms with Crippen molar-refractivity contribution < 1.29 is 4.79 Å². The minimum absolute atomic E-state index is 0.216. The number of nitrogens with one attached hydrogen (secondary N) is 2. The average molecular weight is 371 g/mol. The van der Waals surface area contributed by atoms with E-state index in [0.717, 1.165) is 21.8 Å². The van der Waals surface area contributed by atoms with Gasteiger partial charge in [-0.3, -0.25) is 9.79 Å². The van der Waals surface area contributed by atoms with Crippen LogP contribution in [0.25, 0.3) is 5.70 Å². The van der Waals surface area contributed by atoms with E-state index in [1.54, 1.807) is 6.21 Å². The van der Waals surface area contributed by atoms with E-state index in [1.807, 2.05) is 78.9 Å². The number of benzene rings is 3. The zero-order valence-corrected chi connectivity index (χ0v) is 15.3. The lowest BCUT2D eigenvalue weighted by atomic mass is 10.1. The maximum absolute atomic E-state index is 12.9. The third-order valence-electron chi connectivity index (χ3n) is 4.23. The molecule has 0 atom stereocenters. The topological polar surface area (TPSA) is 53.5 Å². The first-order chi connectivity index (χ1) is 13.2. The highest BCUT2D eigenvalue weighted by Crippen LogP contribution is 2.31. The molecule has 0 saturated heterocycles. The van der Waals surface area contributed by atoms with Crippen molar-refractivity contribution in [2.24, 2.45) is 4.99 Å². The first-order valence-corrected chi connectivity index (χ1v) is 8.96. The molecular weight excluding hydrogens is 354 g/mol. The van der Waals surface area contributed by atoms with Crippen LogP contribution in [0.3, 0.4) is 0 Å². The Labute approximate surface area is 163 Å². The largest absolute Gasteiger partial charge is 0.353 e. The van der Waals surface area contributed by atoms with Gasteiger partial charge in [-0.05, 0) is 29.8 Å². The Balaban J connectivity index is 1.84. The third-order valence-corrected chi connectivity index (χ3v) is 4.60. The van der Waals surface area contributed by atoms with Gasteiger partial charge in [-0.2, -0.15) is 0 Å².